The highest BCUT2D eigenvalue weighted by atomic mass is 16.5. The van der Waals surface area contributed by atoms with Gasteiger partial charge in [0.2, 0.25) is 0 Å². The van der Waals surface area contributed by atoms with Gasteiger partial charge in [0.1, 0.15) is 0 Å². The maximum absolute atomic E-state index is 5.57. The van der Waals surface area contributed by atoms with Gasteiger partial charge >= 0.3 is 0 Å². The first-order valence-corrected chi connectivity index (χ1v) is 10.2. The van der Waals surface area contributed by atoms with Gasteiger partial charge in [-0.15, -0.1) is 0 Å². The molecule has 0 aromatic heterocycles. The SMILES string of the molecule is CCOCCCCNC(=NC)NCC1(N2CCOCC2)CCCCC1. The number of rotatable bonds is 9. The van der Waals surface area contributed by atoms with Gasteiger partial charge in [0.15, 0.2) is 5.96 Å². The lowest BCUT2D eigenvalue weighted by Gasteiger charge is -2.48. The highest BCUT2D eigenvalue weighted by Gasteiger charge is 2.38. The van der Waals surface area contributed by atoms with Gasteiger partial charge in [-0.1, -0.05) is 19.3 Å². The molecule has 0 bridgehead atoms. The molecule has 1 saturated carbocycles. The summed E-state index contributed by atoms with van der Waals surface area (Å²) >= 11 is 0. The number of unbranched alkanes of at least 4 members (excludes halogenated alkanes) is 1. The van der Waals surface area contributed by atoms with Crippen molar-refractivity contribution >= 4 is 5.96 Å². The minimum Gasteiger partial charge on any atom is -0.382 e. The van der Waals surface area contributed by atoms with Crippen LogP contribution in [-0.4, -0.2) is 76.1 Å². The van der Waals surface area contributed by atoms with Gasteiger partial charge in [-0.25, -0.2) is 0 Å². The second kappa shape index (κ2) is 11.7. The largest absolute Gasteiger partial charge is 0.382 e. The van der Waals surface area contributed by atoms with Crippen molar-refractivity contribution in [1.82, 2.24) is 15.5 Å². The van der Waals surface area contributed by atoms with E-state index < -0.39 is 0 Å². The number of hydrogen-bond donors (Lipinski definition) is 2. The summed E-state index contributed by atoms with van der Waals surface area (Å²) in [7, 11) is 1.86. The second-order valence-electron chi connectivity index (χ2n) is 7.14. The van der Waals surface area contributed by atoms with Crippen molar-refractivity contribution in [3.05, 3.63) is 0 Å². The summed E-state index contributed by atoms with van der Waals surface area (Å²) in [6.45, 7) is 9.48. The molecule has 6 nitrogen and oxygen atoms in total. The third kappa shape index (κ3) is 6.76. The van der Waals surface area contributed by atoms with Gasteiger partial charge in [0, 0.05) is 52.0 Å². The number of nitrogens with zero attached hydrogens (tertiary/aromatic N) is 2. The molecule has 1 heterocycles. The fraction of sp³-hybridized carbons (Fsp3) is 0.947. The lowest BCUT2D eigenvalue weighted by atomic mass is 9.80. The molecule has 146 valence electrons. The van der Waals surface area contributed by atoms with Crippen LogP contribution in [0.1, 0.15) is 51.9 Å². The van der Waals surface area contributed by atoms with Crippen molar-refractivity contribution in [2.75, 3.05) is 59.7 Å². The molecule has 2 fully saturated rings. The van der Waals surface area contributed by atoms with E-state index in [2.05, 4.69) is 20.5 Å². The Morgan fingerprint density at radius 2 is 1.88 bits per heavy atom. The summed E-state index contributed by atoms with van der Waals surface area (Å²) in [5.74, 6) is 0.926. The van der Waals surface area contributed by atoms with E-state index in [1.165, 1.54) is 32.1 Å². The fourth-order valence-electron chi connectivity index (χ4n) is 4.00. The van der Waals surface area contributed by atoms with E-state index in [4.69, 9.17) is 9.47 Å². The minimum atomic E-state index is 0.272. The van der Waals surface area contributed by atoms with Crippen molar-refractivity contribution in [1.29, 1.82) is 0 Å². The normalized spacial score (nSPS) is 21.9. The van der Waals surface area contributed by atoms with Crippen LogP contribution in [0, 0.1) is 0 Å². The Kier molecular flexibility index (Phi) is 9.58. The van der Waals surface area contributed by atoms with Crippen LogP contribution in [0.4, 0.5) is 0 Å². The molecule has 0 spiro atoms. The molecule has 2 N–H and O–H groups in total. The number of morpholine rings is 1. The summed E-state index contributed by atoms with van der Waals surface area (Å²) in [4.78, 5) is 7.07. The van der Waals surface area contributed by atoms with Crippen molar-refractivity contribution < 1.29 is 9.47 Å². The van der Waals surface area contributed by atoms with E-state index >= 15 is 0 Å². The zero-order valence-electron chi connectivity index (χ0n) is 16.3. The topological polar surface area (TPSA) is 58.1 Å². The summed E-state index contributed by atoms with van der Waals surface area (Å²) in [6.07, 6.45) is 8.81. The van der Waals surface area contributed by atoms with E-state index in [1.54, 1.807) is 0 Å². The summed E-state index contributed by atoms with van der Waals surface area (Å²) in [6, 6.07) is 0. The van der Waals surface area contributed by atoms with E-state index in [0.29, 0.717) is 0 Å². The zero-order valence-corrected chi connectivity index (χ0v) is 16.3. The van der Waals surface area contributed by atoms with Crippen LogP contribution >= 0.6 is 0 Å². The van der Waals surface area contributed by atoms with Gasteiger partial charge in [-0.2, -0.15) is 0 Å². The molecule has 2 rings (SSSR count). The number of ether oxygens (including phenoxy) is 2. The van der Waals surface area contributed by atoms with Crippen molar-refractivity contribution in [3.8, 4) is 0 Å². The van der Waals surface area contributed by atoms with Gasteiger partial charge in [0.25, 0.3) is 0 Å². The monoisotopic (exact) mass is 354 g/mol. The lowest BCUT2D eigenvalue weighted by Crippen LogP contribution is -2.60. The van der Waals surface area contributed by atoms with E-state index in [0.717, 1.165) is 71.4 Å². The molecule has 0 aromatic carbocycles. The average molecular weight is 355 g/mol. The average Bonchev–Trinajstić information content (AvgIpc) is 2.68. The first kappa shape index (κ1) is 20.5. The predicted octanol–water partition coefficient (Wildman–Crippen LogP) is 2.00. The first-order chi connectivity index (χ1) is 12.3. The molecule has 1 aliphatic carbocycles. The Labute approximate surface area is 153 Å². The molecule has 2 aliphatic rings. The molecule has 1 aliphatic heterocycles. The highest BCUT2D eigenvalue weighted by Crippen LogP contribution is 2.33. The molecule has 0 radical (unpaired) electrons. The van der Waals surface area contributed by atoms with Crippen molar-refractivity contribution in [2.24, 2.45) is 4.99 Å². The van der Waals surface area contributed by atoms with E-state index in [9.17, 15) is 0 Å². The van der Waals surface area contributed by atoms with Crippen LogP contribution in [-0.2, 0) is 9.47 Å². The third-order valence-electron chi connectivity index (χ3n) is 5.49. The van der Waals surface area contributed by atoms with Gasteiger partial charge in [-0.05, 0) is 32.6 Å². The maximum Gasteiger partial charge on any atom is 0.191 e. The van der Waals surface area contributed by atoms with Gasteiger partial charge < -0.3 is 20.1 Å². The molecule has 25 heavy (non-hydrogen) atoms. The Bertz CT molecular complexity index is 378. The van der Waals surface area contributed by atoms with Crippen LogP contribution < -0.4 is 10.6 Å². The van der Waals surface area contributed by atoms with Crippen LogP contribution in [0.2, 0.25) is 0 Å². The van der Waals surface area contributed by atoms with Gasteiger partial charge in [-0.3, -0.25) is 9.89 Å². The number of aliphatic imine (C=N–C) groups is 1. The number of hydrogen-bond acceptors (Lipinski definition) is 4. The quantitative estimate of drug-likeness (QED) is 0.377. The minimum absolute atomic E-state index is 0.272. The third-order valence-corrected chi connectivity index (χ3v) is 5.49. The molecule has 6 heteroatoms. The smallest absolute Gasteiger partial charge is 0.191 e. The van der Waals surface area contributed by atoms with Crippen LogP contribution in [0.5, 0.6) is 0 Å². The molecule has 1 saturated heterocycles. The summed E-state index contributed by atoms with van der Waals surface area (Å²) in [5.41, 5.74) is 0.272. The first-order valence-electron chi connectivity index (χ1n) is 10.2. The summed E-state index contributed by atoms with van der Waals surface area (Å²) in [5, 5.41) is 7.05. The van der Waals surface area contributed by atoms with Crippen LogP contribution in [0.15, 0.2) is 4.99 Å². The summed E-state index contributed by atoms with van der Waals surface area (Å²) < 4.78 is 11.0. The van der Waals surface area contributed by atoms with E-state index in [-0.39, 0.29) is 5.54 Å². The molecule has 0 atom stereocenters. The van der Waals surface area contributed by atoms with E-state index in [1.807, 2.05) is 14.0 Å². The predicted molar refractivity (Wildman–Crippen MR) is 103 cm³/mol. The Morgan fingerprint density at radius 3 is 2.56 bits per heavy atom. The Hall–Kier alpha value is -0.850. The highest BCUT2D eigenvalue weighted by molar-refractivity contribution is 5.79. The fourth-order valence-corrected chi connectivity index (χ4v) is 4.00. The Balaban J connectivity index is 1.77. The maximum atomic E-state index is 5.57. The van der Waals surface area contributed by atoms with Crippen molar-refractivity contribution in [2.45, 2.75) is 57.4 Å². The van der Waals surface area contributed by atoms with Crippen molar-refractivity contribution in [3.63, 3.8) is 0 Å². The number of nitrogens with one attached hydrogen (secondary N) is 2. The molecule has 0 amide bonds. The Morgan fingerprint density at radius 1 is 1.12 bits per heavy atom. The van der Waals surface area contributed by atoms with Crippen LogP contribution in [0.25, 0.3) is 0 Å². The number of guanidine groups is 1. The van der Waals surface area contributed by atoms with Crippen LogP contribution in [0.3, 0.4) is 0 Å². The molecule has 0 aromatic rings. The lowest BCUT2D eigenvalue weighted by molar-refractivity contribution is -0.0352. The molecular weight excluding hydrogens is 316 g/mol. The standard InChI is InChI=1S/C19H38N4O2/c1-3-24-14-8-7-11-21-18(20-2)22-17-19(9-5-4-6-10-19)23-12-15-25-16-13-23/h3-17H2,1-2H3,(H2,20,21,22). The second-order valence-corrected chi connectivity index (χ2v) is 7.14. The molecule has 0 unspecified atom stereocenters. The molecular formula is C19H38N4O2. The van der Waals surface area contributed by atoms with Gasteiger partial charge in [0.05, 0.1) is 13.2 Å². The zero-order chi connectivity index (χ0) is 17.8.